The van der Waals surface area contributed by atoms with Crippen molar-refractivity contribution in [2.45, 2.75) is 26.4 Å². The number of hydrogen-bond acceptors (Lipinski definition) is 6. The van der Waals surface area contributed by atoms with Gasteiger partial charge < -0.3 is 5.73 Å². The number of fused-ring (bicyclic) bond motifs is 1. The van der Waals surface area contributed by atoms with Crippen LogP contribution in [0.1, 0.15) is 40.7 Å². The van der Waals surface area contributed by atoms with Gasteiger partial charge >= 0.3 is 5.69 Å². The lowest BCUT2D eigenvalue weighted by molar-refractivity contribution is 0.0962. The molecule has 3 heterocycles. The summed E-state index contributed by atoms with van der Waals surface area (Å²) in [6, 6.07) is 8.77. The number of thiophene rings is 1. The molecule has 158 valence electrons. The lowest BCUT2D eigenvalue weighted by Crippen LogP contribution is -2.28. The van der Waals surface area contributed by atoms with Gasteiger partial charge in [0.2, 0.25) is 0 Å². The number of nitrogens with two attached hydrogens (primary N) is 1. The van der Waals surface area contributed by atoms with Crippen molar-refractivity contribution < 1.29 is 14.0 Å². The maximum absolute atomic E-state index is 14.1. The van der Waals surface area contributed by atoms with E-state index in [9.17, 15) is 18.8 Å². The highest BCUT2D eigenvalue weighted by molar-refractivity contribution is 7.13. The Hall–Kier alpha value is -3.66. The van der Waals surface area contributed by atoms with E-state index in [0.717, 1.165) is 4.57 Å². The van der Waals surface area contributed by atoms with Crippen LogP contribution in [-0.2, 0) is 6.54 Å². The number of nitrogens with zero attached hydrogens (tertiary/aromatic N) is 4. The molecule has 0 spiro atoms. The van der Waals surface area contributed by atoms with Crippen LogP contribution in [0.4, 0.5) is 4.39 Å². The topological polar surface area (TPSA) is 113 Å². The van der Waals surface area contributed by atoms with Crippen LogP contribution in [0, 0.1) is 5.82 Å². The fourth-order valence-electron chi connectivity index (χ4n) is 3.39. The van der Waals surface area contributed by atoms with E-state index in [2.05, 4.69) is 9.97 Å². The Bertz CT molecular complexity index is 1370. The van der Waals surface area contributed by atoms with Gasteiger partial charge in [0.1, 0.15) is 11.3 Å². The van der Waals surface area contributed by atoms with Crippen LogP contribution in [0.5, 0.6) is 0 Å². The minimum absolute atomic E-state index is 0.0520. The smallest absolute Gasteiger partial charge is 0.331 e. The van der Waals surface area contributed by atoms with Crippen molar-refractivity contribution in [1.29, 1.82) is 0 Å². The van der Waals surface area contributed by atoms with E-state index in [4.69, 9.17) is 5.73 Å². The van der Waals surface area contributed by atoms with E-state index in [-0.39, 0.29) is 34.3 Å². The highest BCUT2D eigenvalue weighted by atomic mass is 32.1. The number of Topliss-reactive ketones (excluding diaryl/α,β-unsaturated/α-hetero) is 1. The molecule has 4 rings (SSSR count). The van der Waals surface area contributed by atoms with Crippen molar-refractivity contribution in [1.82, 2.24) is 19.1 Å². The van der Waals surface area contributed by atoms with Crippen LogP contribution >= 0.6 is 11.3 Å². The number of primary amides is 1. The average molecular weight is 439 g/mol. The molecule has 0 fully saturated rings. The summed E-state index contributed by atoms with van der Waals surface area (Å²) in [5.41, 5.74) is 4.93. The molecule has 0 radical (unpaired) electrons. The molecule has 0 bridgehead atoms. The highest BCUT2D eigenvalue weighted by Gasteiger charge is 2.26. The van der Waals surface area contributed by atoms with E-state index in [1.807, 2.05) is 11.4 Å². The first-order valence-corrected chi connectivity index (χ1v) is 10.3. The van der Waals surface area contributed by atoms with Crippen LogP contribution in [-0.4, -0.2) is 30.8 Å². The third kappa shape index (κ3) is 3.55. The van der Waals surface area contributed by atoms with Crippen LogP contribution in [0.25, 0.3) is 21.9 Å². The summed E-state index contributed by atoms with van der Waals surface area (Å²) < 4.78 is 16.6. The molecule has 10 heteroatoms. The summed E-state index contributed by atoms with van der Waals surface area (Å²) in [5, 5.41) is 1.83. The van der Waals surface area contributed by atoms with Gasteiger partial charge in [0.15, 0.2) is 22.9 Å². The lowest BCUT2D eigenvalue weighted by Gasteiger charge is -2.08. The molecule has 1 amide bonds. The Morgan fingerprint density at radius 1 is 1.16 bits per heavy atom. The Morgan fingerprint density at radius 3 is 2.52 bits per heavy atom. The molecule has 0 atom stereocenters. The Balaban J connectivity index is 1.99. The first-order valence-electron chi connectivity index (χ1n) is 9.43. The van der Waals surface area contributed by atoms with E-state index in [1.165, 1.54) is 40.2 Å². The third-order valence-corrected chi connectivity index (χ3v) is 5.63. The summed E-state index contributed by atoms with van der Waals surface area (Å²) >= 11 is 1.37. The fourth-order valence-corrected chi connectivity index (χ4v) is 4.05. The summed E-state index contributed by atoms with van der Waals surface area (Å²) in [4.78, 5) is 47.7. The number of amides is 1. The minimum atomic E-state index is -0.863. The first-order chi connectivity index (χ1) is 14.8. The molecule has 8 nitrogen and oxygen atoms in total. The van der Waals surface area contributed by atoms with Crippen LogP contribution in [0.2, 0.25) is 0 Å². The van der Waals surface area contributed by atoms with Crippen molar-refractivity contribution in [3.63, 3.8) is 0 Å². The Morgan fingerprint density at radius 2 is 1.90 bits per heavy atom. The molecule has 0 aliphatic heterocycles. The molecule has 2 N–H and O–H groups in total. The number of benzene rings is 1. The summed E-state index contributed by atoms with van der Waals surface area (Å²) in [6.07, 6.45) is 0. The van der Waals surface area contributed by atoms with Crippen LogP contribution in [0.15, 0.2) is 46.6 Å². The molecule has 0 aliphatic carbocycles. The van der Waals surface area contributed by atoms with E-state index < -0.39 is 29.7 Å². The predicted molar refractivity (Wildman–Crippen MR) is 115 cm³/mol. The zero-order valence-electron chi connectivity index (χ0n) is 16.7. The number of imidazole rings is 1. The normalized spacial score (nSPS) is 11.4. The second kappa shape index (κ2) is 7.88. The quantitative estimate of drug-likeness (QED) is 0.464. The monoisotopic (exact) mass is 439 g/mol. The molecule has 4 aromatic rings. The Kier molecular flexibility index (Phi) is 5.24. The number of hydrogen-bond donors (Lipinski definition) is 1. The second-order valence-electron chi connectivity index (χ2n) is 7.15. The van der Waals surface area contributed by atoms with Gasteiger partial charge in [-0.1, -0.05) is 18.2 Å². The van der Waals surface area contributed by atoms with Gasteiger partial charge in [0, 0.05) is 6.04 Å². The van der Waals surface area contributed by atoms with E-state index in [0.29, 0.717) is 4.88 Å². The maximum atomic E-state index is 14.1. The van der Waals surface area contributed by atoms with Crippen molar-refractivity contribution in [2.24, 2.45) is 5.73 Å². The fraction of sp³-hybridized carbons (Fsp3) is 0.190. The van der Waals surface area contributed by atoms with Gasteiger partial charge in [-0.2, -0.15) is 0 Å². The Labute approximate surface area is 179 Å². The zero-order chi connectivity index (χ0) is 22.3. The van der Waals surface area contributed by atoms with Gasteiger partial charge in [0.25, 0.3) is 5.91 Å². The largest absolute Gasteiger partial charge is 0.364 e. The van der Waals surface area contributed by atoms with Crippen LogP contribution in [0.3, 0.4) is 0 Å². The third-order valence-electron chi connectivity index (χ3n) is 4.77. The van der Waals surface area contributed by atoms with E-state index in [1.54, 1.807) is 19.9 Å². The van der Waals surface area contributed by atoms with Gasteiger partial charge in [-0.15, -0.1) is 11.3 Å². The summed E-state index contributed by atoms with van der Waals surface area (Å²) in [5.74, 6) is -1.93. The average Bonchev–Trinajstić information content (AvgIpc) is 3.34. The van der Waals surface area contributed by atoms with Gasteiger partial charge in [0.05, 0.1) is 17.0 Å². The number of carbonyl (C=O) groups is 2. The highest BCUT2D eigenvalue weighted by Crippen LogP contribution is 2.26. The van der Waals surface area contributed by atoms with Crippen molar-refractivity contribution >= 4 is 34.2 Å². The predicted octanol–water partition coefficient (Wildman–Crippen LogP) is 3.02. The molecule has 31 heavy (non-hydrogen) atoms. The number of ketones is 1. The summed E-state index contributed by atoms with van der Waals surface area (Å²) in [7, 11) is 0. The number of halogens is 1. The summed E-state index contributed by atoms with van der Waals surface area (Å²) in [6.45, 7) is 3.07. The number of rotatable bonds is 6. The SMILES string of the molecule is CC(C)n1c(=O)n(CC(=O)c2ccccc2F)c2c(C(N)=O)nc(-c3cccs3)nc21. The molecule has 0 saturated heterocycles. The molecule has 0 unspecified atom stereocenters. The number of aromatic nitrogens is 4. The standard InChI is InChI=1S/C21H18FN5O3S/c1-11(2)27-20-17(16(18(23)29)24-19(25-20)15-8-5-9-31-15)26(21(27)30)10-14(28)12-6-3-4-7-13(12)22/h3-9,11H,10H2,1-2H3,(H2,23,29). The molecular weight excluding hydrogens is 421 g/mol. The van der Waals surface area contributed by atoms with Gasteiger partial charge in [-0.25, -0.2) is 19.2 Å². The first kappa shape index (κ1) is 20.6. The van der Waals surface area contributed by atoms with Crippen molar-refractivity contribution in [3.05, 3.63) is 69.3 Å². The lowest BCUT2D eigenvalue weighted by atomic mass is 10.1. The maximum Gasteiger partial charge on any atom is 0.331 e. The molecule has 0 saturated carbocycles. The van der Waals surface area contributed by atoms with Crippen molar-refractivity contribution in [3.8, 4) is 10.7 Å². The van der Waals surface area contributed by atoms with Crippen molar-refractivity contribution in [2.75, 3.05) is 0 Å². The second-order valence-corrected chi connectivity index (χ2v) is 8.09. The molecular formula is C21H18FN5O3S. The van der Waals surface area contributed by atoms with Crippen LogP contribution < -0.4 is 11.4 Å². The zero-order valence-corrected chi connectivity index (χ0v) is 17.5. The van der Waals surface area contributed by atoms with Gasteiger partial charge in [-0.3, -0.25) is 18.7 Å². The molecule has 0 aliphatic rings. The van der Waals surface area contributed by atoms with Gasteiger partial charge in [-0.05, 0) is 37.4 Å². The molecule has 1 aromatic carbocycles. The van der Waals surface area contributed by atoms with E-state index >= 15 is 0 Å². The minimum Gasteiger partial charge on any atom is -0.364 e. The number of carbonyl (C=O) groups excluding carboxylic acids is 2. The molecule has 3 aromatic heterocycles.